The number of amides is 1. The van der Waals surface area contributed by atoms with Crippen LogP contribution < -0.4 is 0 Å². The predicted octanol–water partition coefficient (Wildman–Crippen LogP) is 1.91. The molecule has 1 saturated heterocycles. The highest BCUT2D eigenvalue weighted by Gasteiger charge is 2.38. The highest BCUT2D eigenvalue weighted by Crippen LogP contribution is 2.38. The van der Waals surface area contributed by atoms with E-state index in [-0.39, 0.29) is 0 Å². The number of rotatable bonds is 0. The van der Waals surface area contributed by atoms with E-state index in [9.17, 15) is 4.79 Å². The van der Waals surface area contributed by atoms with Gasteiger partial charge >= 0.3 is 0 Å². The quantitative estimate of drug-likeness (QED) is 0.568. The van der Waals surface area contributed by atoms with Crippen molar-refractivity contribution in [1.29, 1.82) is 0 Å². The van der Waals surface area contributed by atoms with Crippen LogP contribution in [0.25, 0.3) is 0 Å². The number of benzene rings is 1. The van der Waals surface area contributed by atoms with E-state index in [4.69, 9.17) is 0 Å². The Morgan fingerprint density at radius 3 is 3.00 bits per heavy atom. The SMILES string of the molecule is O=C1CC2c3ccccc3CCCN12. The van der Waals surface area contributed by atoms with Crippen molar-refractivity contribution in [3.63, 3.8) is 0 Å². The molecule has 1 aromatic rings. The van der Waals surface area contributed by atoms with Crippen molar-refractivity contribution in [2.24, 2.45) is 0 Å². The third-order valence-corrected chi connectivity index (χ3v) is 3.32. The molecule has 2 heteroatoms. The molecule has 1 amide bonds. The Labute approximate surface area is 83.5 Å². The van der Waals surface area contributed by atoms with E-state index in [1.54, 1.807) is 0 Å². The average molecular weight is 187 g/mol. The van der Waals surface area contributed by atoms with E-state index in [0.29, 0.717) is 11.9 Å². The van der Waals surface area contributed by atoms with Crippen LogP contribution in [-0.2, 0) is 11.2 Å². The van der Waals surface area contributed by atoms with Gasteiger partial charge in [-0.25, -0.2) is 0 Å². The van der Waals surface area contributed by atoms with Crippen molar-refractivity contribution in [3.05, 3.63) is 35.4 Å². The molecule has 0 bridgehead atoms. The molecule has 14 heavy (non-hydrogen) atoms. The molecule has 0 aromatic heterocycles. The molecular formula is C12H13NO. The maximum atomic E-state index is 11.4. The Kier molecular flexibility index (Phi) is 1.63. The Balaban J connectivity index is 2.04. The Bertz CT molecular complexity index is 386. The lowest BCUT2D eigenvalue weighted by atomic mass is 9.91. The number of hydrogen-bond acceptors (Lipinski definition) is 1. The van der Waals surface area contributed by atoms with E-state index in [1.807, 2.05) is 4.90 Å². The minimum Gasteiger partial charge on any atom is -0.335 e. The number of β-lactam (4-membered cyclic amide) rings is 1. The van der Waals surface area contributed by atoms with Crippen LogP contribution in [0.2, 0.25) is 0 Å². The minimum absolute atomic E-state index is 0.326. The van der Waals surface area contributed by atoms with E-state index in [2.05, 4.69) is 24.3 Å². The van der Waals surface area contributed by atoms with Crippen molar-refractivity contribution in [3.8, 4) is 0 Å². The van der Waals surface area contributed by atoms with Crippen LogP contribution in [0.15, 0.2) is 24.3 Å². The number of hydrogen-bond donors (Lipinski definition) is 0. The standard InChI is InChI=1S/C12H13NO/c14-12-8-11-10-6-2-1-4-9(10)5-3-7-13(11)12/h1-2,4,6,11H,3,5,7-8H2. The topological polar surface area (TPSA) is 20.3 Å². The van der Waals surface area contributed by atoms with Crippen molar-refractivity contribution in [2.75, 3.05) is 6.54 Å². The lowest BCUT2D eigenvalue weighted by Crippen LogP contribution is -2.46. The van der Waals surface area contributed by atoms with Gasteiger partial charge in [0, 0.05) is 6.54 Å². The van der Waals surface area contributed by atoms with Gasteiger partial charge in [0.25, 0.3) is 0 Å². The van der Waals surface area contributed by atoms with Gasteiger partial charge in [-0.3, -0.25) is 4.79 Å². The summed E-state index contributed by atoms with van der Waals surface area (Å²) in [6.45, 7) is 0.943. The van der Waals surface area contributed by atoms with Crippen LogP contribution in [0.5, 0.6) is 0 Å². The third-order valence-electron chi connectivity index (χ3n) is 3.32. The van der Waals surface area contributed by atoms with E-state index in [1.165, 1.54) is 11.1 Å². The molecular weight excluding hydrogens is 174 g/mol. The normalized spacial score (nSPS) is 24.7. The molecule has 0 aliphatic carbocycles. The number of carbonyl (C=O) groups excluding carboxylic acids is 1. The van der Waals surface area contributed by atoms with Gasteiger partial charge in [-0.05, 0) is 24.0 Å². The molecule has 1 atom stereocenters. The second-order valence-corrected chi connectivity index (χ2v) is 4.11. The molecule has 1 unspecified atom stereocenters. The van der Waals surface area contributed by atoms with Crippen molar-refractivity contribution >= 4 is 5.91 Å². The lowest BCUT2D eigenvalue weighted by Gasteiger charge is -2.40. The average Bonchev–Trinajstić information content (AvgIpc) is 2.35. The van der Waals surface area contributed by atoms with Crippen molar-refractivity contribution in [1.82, 2.24) is 4.90 Å². The fraction of sp³-hybridized carbons (Fsp3) is 0.417. The summed E-state index contributed by atoms with van der Waals surface area (Å²) in [5, 5.41) is 0. The predicted molar refractivity (Wildman–Crippen MR) is 53.8 cm³/mol. The smallest absolute Gasteiger partial charge is 0.225 e. The van der Waals surface area contributed by atoms with Gasteiger partial charge in [0.05, 0.1) is 12.5 Å². The first-order valence-electron chi connectivity index (χ1n) is 5.23. The Morgan fingerprint density at radius 2 is 2.14 bits per heavy atom. The number of fused-ring (bicyclic) bond motifs is 3. The second kappa shape index (κ2) is 2.84. The summed E-state index contributed by atoms with van der Waals surface area (Å²) in [6, 6.07) is 8.92. The number of aryl methyl sites for hydroxylation is 1. The fourth-order valence-corrected chi connectivity index (χ4v) is 2.54. The molecule has 0 spiro atoms. The van der Waals surface area contributed by atoms with Gasteiger partial charge in [-0.2, -0.15) is 0 Å². The molecule has 1 aromatic carbocycles. The third kappa shape index (κ3) is 0.999. The number of nitrogens with zero attached hydrogens (tertiary/aromatic N) is 1. The summed E-state index contributed by atoms with van der Waals surface area (Å²) < 4.78 is 0. The molecule has 2 heterocycles. The van der Waals surface area contributed by atoms with Crippen molar-refractivity contribution in [2.45, 2.75) is 25.3 Å². The molecule has 0 N–H and O–H groups in total. The van der Waals surface area contributed by atoms with Crippen LogP contribution in [0, 0.1) is 0 Å². The second-order valence-electron chi connectivity index (χ2n) is 4.11. The monoisotopic (exact) mass is 187 g/mol. The minimum atomic E-state index is 0.326. The summed E-state index contributed by atoms with van der Waals surface area (Å²) in [5.74, 6) is 0.326. The first-order chi connectivity index (χ1) is 6.86. The van der Waals surface area contributed by atoms with Gasteiger partial charge in [-0.15, -0.1) is 0 Å². The molecule has 2 aliphatic heterocycles. The van der Waals surface area contributed by atoms with Gasteiger partial charge < -0.3 is 4.90 Å². The maximum Gasteiger partial charge on any atom is 0.225 e. The first-order valence-corrected chi connectivity index (χ1v) is 5.23. The van der Waals surface area contributed by atoms with Crippen LogP contribution >= 0.6 is 0 Å². The molecule has 0 radical (unpaired) electrons. The van der Waals surface area contributed by atoms with Crippen LogP contribution in [0.4, 0.5) is 0 Å². The zero-order chi connectivity index (χ0) is 9.54. The largest absolute Gasteiger partial charge is 0.335 e. The lowest BCUT2D eigenvalue weighted by molar-refractivity contribution is -0.146. The van der Waals surface area contributed by atoms with Gasteiger partial charge in [-0.1, -0.05) is 24.3 Å². The fourth-order valence-electron chi connectivity index (χ4n) is 2.54. The van der Waals surface area contributed by atoms with Gasteiger partial charge in [0.2, 0.25) is 5.91 Å². The van der Waals surface area contributed by atoms with Crippen LogP contribution in [-0.4, -0.2) is 17.4 Å². The van der Waals surface area contributed by atoms with Gasteiger partial charge in [0.15, 0.2) is 0 Å². The molecule has 72 valence electrons. The Hall–Kier alpha value is -1.31. The summed E-state index contributed by atoms with van der Waals surface area (Å²) in [7, 11) is 0. The molecule has 2 aliphatic rings. The summed E-state index contributed by atoms with van der Waals surface area (Å²) in [6.07, 6.45) is 2.95. The molecule has 1 fully saturated rings. The summed E-state index contributed by atoms with van der Waals surface area (Å²) in [4.78, 5) is 13.4. The highest BCUT2D eigenvalue weighted by atomic mass is 16.2. The zero-order valence-corrected chi connectivity index (χ0v) is 8.07. The van der Waals surface area contributed by atoms with Crippen LogP contribution in [0.3, 0.4) is 0 Å². The van der Waals surface area contributed by atoms with Crippen LogP contribution in [0.1, 0.15) is 30.0 Å². The summed E-state index contributed by atoms with van der Waals surface area (Å²) >= 11 is 0. The first kappa shape index (κ1) is 8.04. The maximum absolute atomic E-state index is 11.4. The van der Waals surface area contributed by atoms with Crippen molar-refractivity contribution < 1.29 is 4.79 Å². The van der Waals surface area contributed by atoms with Gasteiger partial charge in [0.1, 0.15) is 0 Å². The highest BCUT2D eigenvalue weighted by molar-refractivity contribution is 5.84. The molecule has 2 nitrogen and oxygen atoms in total. The number of carbonyl (C=O) groups is 1. The van der Waals surface area contributed by atoms with E-state index in [0.717, 1.165) is 25.8 Å². The molecule has 3 rings (SSSR count). The zero-order valence-electron chi connectivity index (χ0n) is 8.07. The Morgan fingerprint density at radius 1 is 1.29 bits per heavy atom. The van der Waals surface area contributed by atoms with E-state index < -0.39 is 0 Å². The summed E-state index contributed by atoms with van der Waals surface area (Å²) in [5.41, 5.74) is 2.82. The van der Waals surface area contributed by atoms with E-state index >= 15 is 0 Å². The molecule has 0 saturated carbocycles.